The van der Waals surface area contributed by atoms with E-state index in [1.54, 1.807) is 38.1 Å². The largest absolute Gasteiger partial charge is 0.507 e. The zero-order valence-electron chi connectivity index (χ0n) is 21.9. The maximum atomic E-state index is 12.0. The molecule has 8 bridgehead atoms. The summed E-state index contributed by atoms with van der Waals surface area (Å²) < 4.78 is 0. The number of non-ortho nitro benzene ring substituents is 1. The van der Waals surface area contributed by atoms with Crippen molar-refractivity contribution in [1.29, 1.82) is 0 Å². The van der Waals surface area contributed by atoms with Crippen LogP contribution in [0, 0.1) is 24.0 Å². The number of phenols is 4. The fourth-order valence-corrected chi connectivity index (χ4v) is 5.50. The summed E-state index contributed by atoms with van der Waals surface area (Å²) in [7, 11) is 0. The van der Waals surface area contributed by atoms with Crippen LogP contribution in [0.3, 0.4) is 0 Å². The van der Waals surface area contributed by atoms with Gasteiger partial charge in [0.25, 0.3) is 5.69 Å². The maximum Gasteiger partial charge on any atom is 0.335 e. The number of hydrogen-bond acceptors (Lipinski definition) is 7. The van der Waals surface area contributed by atoms with Crippen molar-refractivity contribution < 1.29 is 35.3 Å². The minimum Gasteiger partial charge on any atom is -0.507 e. The van der Waals surface area contributed by atoms with Gasteiger partial charge in [-0.05, 0) is 59.4 Å². The van der Waals surface area contributed by atoms with E-state index in [1.807, 2.05) is 0 Å². The van der Waals surface area contributed by atoms with E-state index in [1.165, 1.54) is 24.3 Å². The van der Waals surface area contributed by atoms with Crippen molar-refractivity contribution in [3.05, 3.63) is 120 Å². The van der Waals surface area contributed by atoms with Crippen molar-refractivity contribution in [3.8, 4) is 23.0 Å². The topological polar surface area (TPSA) is 161 Å². The van der Waals surface area contributed by atoms with Crippen LogP contribution in [-0.4, -0.2) is 36.4 Å². The first-order valence-corrected chi connectivity index (χ1v) is 12.6. The number of nitrogens with zero attached hydrogens (tertiary/aromatic N) is 1. The monoisotopic (exact) mass is 541 g/mol. The fraction of sp³-hybridized carbons (Fsp3) is 0.194. The smallest absolute Gasteiger partial charge is 0.335 e. The van der Waals surface area contributed by atoms with Crippen LogP contribution in [-0.2, 0) is 25.7 Å². The summed E-state index contributed by atoms with van der Waals surface area (Å²) >= 11 is 0. The van der Waals surface area contributed by atoms with Crippen LogP contribution in [0.2, 0.25) is 0 Å². The molecule has 0 heterocycles. The van der Waals surface area contributed by atoms with E-state index in [-0.39, 0.29) is 82.2 Å². The molecule has 0 saturated carbocycles. The number of aryl methyl sites for hydroxylation is 2. The van der Waals surface area contributed by atoms with E-state index in [4.69, 9.17) is 0 Å². The number of carboxylic acids is 1. The standard InChI is InChI=1S/C31H27NO8/c1-15-3-17-7-21-11-25(31(37)38)12-22(29(21)35)8-18-4-16(2)6-20(28(18)34)10-24-14-26(32(39)40)13-23(30(24)36)9-19(5-15)27(17)33/h3-6,11-14,33-36H,7-10H2,1-2H3,(H,37,38). The normalized spacial score (nSPS) is 12.7. The fourth-order valence-electron chi connectivity index (χ4n) is 5.50. The number of fused-ring (bicyclic) bond motifs is 8. The molecule has 0 atom stereocenters. The lowest BCUT2D eigenvalue weighted by atomic mass is 9.89. The Labute approximate surface area is 229 Å². The van der Waals surface area contributed by atoms with E-state index in [2.05, 4.69) is 0 Å². The highest BCUT2D eigenvalue weighted by atomic mass is 16.6. The first-order valence-electron chi connectivity index (χ1n) is 12.6. The summed E-state index contributed by atoms with van der Waals surface area (Å²) in [6.07, 6.45) is -0.0632. The lowest BCUT2D eigenvalue weighted by Crippen LogP contribution is -2.05. The lowest BCUT2D eigenvalue weighted by molar-refractivity contribution is -0.385. The van der Waals surface area contributed by atoms with Crippen LogP contribution >= 0.6 is 0 Å². The van der Waals surface area contributed by atoms with Crippen molar-refractivity contribution >= 4 is 11.7 Å². The molecule has 0 aromatic heterocycles. The van der Waals surface area contributed by atoms with Gasteiger partial charge in [-0.25, -0.2) is 4.79 Å². The molecular weight excluding hydrogens is 514 g/mol. The number of rotatable bonds is 2. The molecule has 0 saturated heterocycles. The van der Waals surface area contributed by atoms with Gasteiger partial charge in [-0.3, -0.25) is 10.1 Å². The van der Waals surface area contributed by atoms with E-state index in [0.29, 0.717) is 22.3 Å². The van der Waals surface area contributed by atoms with Crippen molar-refractivity contribution in [2.75, 3.05) is 0 Å². The second-order valence-electron chi connectivity index (χ2n) is 10.4. The molecule has 204 valence electrons. The van der Waals surface area contributed by atoms with Gasteiger partial charge in [0.1, 0.15) is 23.0 Å². The molecule has 0 radical (unpaired) electrons. The Morgan fingerprint density at radius 3 is 1.15 bits per heavy atom. The molecule has 0 aliphatic heterocycles. The molecule has 5 N–H and O–H groups in total. The van der Waals surface area contributed by atoms with Gasteiger partial charge in [0.05, 0.1) is 10.5 Å². The molecule has 40 heavy (non-hydrogen) atoms. The summed E-state index contributed by atoms with van der Waals surface area (Å²) in [5, 5.41) is 66.4. The van der Waals surface area contributed by atoms with Gasteiger partial charge in [-0.1, -0.05) is 35.4 Å². The average molecular weight is 542 g/mol. The van der Waals surface area contributed by atoms with E-state index >= 15 is 0 Å². The number of nitro benzene ring substituents is 1. The third-order valence-electron chi connectivity index (χ3n) is 7.33. The van der Waals surface area contributed by atoms with Gasteiger partial charge in [0.2, 0.25) is 0 Å². The van der Waals surface area contributed by atoms with Crippen LogP contribution in [0.1, 0.15) is 66.0 Å². The van der Waals surface area contributed by atoms with Gasteiger partial charge in [0.15, 0.2) is 0 Å². The Kier molecular flexibility index (Phi) is 6.59. The summed E-state index contributed by atoms with van der Waals surface area (Å²) in [6.45, 7) is 3.61. The summed E-state index contributed by atoms with van der Waals surface area (Å²) in [4.78, 5) is 23.2. The molecule has 0 unspecified atom stereocenters. The van der Waals surface area contributed by atoms with E-state index in [0.717, 1.165) is 11.1 Å². The maximum absolute atomic E-state index is 12.0. The quantitative estimate of drug-likeness (QED) is 0.146. The first kappa shape index (κ1) is 26.6. The highest BCUT2D eigenvalue weighted by Crippen LogP contribution is 2.39. The van der Waals surface area contributed by atoms with Crippen molar-refractivity contribution in [2.24, 2.45) is 0 Å². The van der Waals surface area contributed by atoms with Crippen molar-refractivity contribution in [1.82, 2.24) is 0 Å². The van der Waals surface area contributed by atoms with Crippen LogP contribution in [0.5, 0.6) is 23.0 Å². The Bertz CT molecular complexity index is 1500. The molecule has 1 aliphatic rings. The number of phenolic OH excluding ortho intramolecular Hbond substituents is 4. The number of hydrogen-bond donors (Lipinski definition) is 5. The third kappa shape index (κ3) is 4.89. The molecule has 9 nitrogen and oxygen atoms in total. The molecule has 0 amide bonds. The lowest BCUT2D eigenvalue weighted by Gasteiger charge is -2.18. The van der Waals surface area contributed by atoms with Gasteiger partial charge < -0.3 is 25.5 Å². The van der Waals surface area contributed by atoms with Crippen molar-refractivity contribution in [2.45, 2.75) is 39.5 Å². The number of carbonyl (C=O) groups is 1. The molecule has 5 rings (SSSR count). The van der Waals surface area contributed by atoms with E-state index in [9.17, 15) is 40.4 Å². The summed E-state index contributed by atoms with van der Waals surface area (Å²) in [5.41, 5.74) is 3.90. The highest BCUT2D eigenvalue weighted by molar-refractivity contribution is 5.88. The predicted octanol–water partition coefficient (Wildman–Crippen LogP) is 5.41. The van der Waals surface area contributed by atoms with Gasteiger partial charge >= 0.3 is 5.97 Å². The van der Waals surface area contributed by atoms with Gasteiger partial charge in [-0.2, -0.15) is 0 Å². The number of carboxylic acid groups (broad SMARTS) is 1. The zero-order chi connectivity index (χ0) is 28.9. The molecule has 9 heteroatoms. The minimum absolute atomic E-state index is 0.00230. The zero-order valence-corrected chi connectivity index (χ0v) is 21.9. The van der Waals surface area contributed by atoms with Crippen LogP contribution in [0.15, 0.2) is 48.5 Å². The Hall–Kier alpha value is -5.05. The summed E-state index contributed by atoms with van der Waals surface area (Å²) in [5.74, 6) is -1.73. The molecule has 1 aliphatic carbocycles. The highest BCUT2D eigenvalue weighted by Gasteiger charge is 2.23. The number of nitro groups is 1. The Balaban J connectivity index is 1.82. The molecule has 0 spiro atoms. The summed E-state index contributed by atoms with van der Waals surface area (Å²) in [6, 6.07) is 12.1. The number of benzene rings is 4. The van der Waals surface area contributed by atoms with Crippen LogP contribution in [0.25, 0.3) is 0 Å². The van der Waals surface area contributed by atoms with Crippen LogP contribution < -0.4 is 0 Å². The molecule has 0 fully saturated rings. The number of aromatic hydroxyl groups is 4. The van der Waals surface area contributed by atoms with Crippen molar-refractivity contribution in [3.63, 3.8) is 0 Å². The van der Waals surface area contributed by atoms with Gasteiger partial charge in [-0.15, -0.1) is 0 Å². The third-order valence-corrected chi connectivity index (χ3v) is 7.33. The average Bonchev–Trinajstić information content (AvgIpc) is 2.88. The minimum atomic E-state index is -1.18. The molecular formula is C31H27NO8. The SMILES string of the molecule is Cc1cc2c(O)c(c1)Cc1cc([N+](=O)[O-])cc(c1O)Cc1cc(C)cc(c1O)Cc1cc(C(=O)O)cc(c1O)C2. The van der Waals surface area contributed by atoms with Crippen LogP contribution in [0.4, 0.5) is 5.69 Å². The Morgan fingerprint density at radius 1 is 0.600 bits per heavy atom. The Morgan fingerprint density at radius 2 is 0.875 bits per heavy atom. The van der Waals surface area contributed by atoms with E-state index < -0.39 is 10.9 Å². The van der Waals surface area contributed by atoms with Gasteiger partial charge in [0, 0.05) is 48.9 Å². The predicted molar refractivity (Wildman–Crippen MR) is 147 cm³/mol. The molecule has 4 aromatic rings. The first-order chi connectivity index (χ1) is 18.9. The molecule has 4 aromatic carbocycles. The second-order valence-corrected chi connectivity index (χ2v) is 10.4. The number of aromatic carboxylic acids is 1. The second kappa shape index (κ2) is 9.92.